The fraction of sp³-hybridized carbons (Fsp3) is 0.471. The number of ether oxygens (including phenoxy) is 1. The molecular weight excluding hydrogens is 383 g/mol. The molecule has 1 aromatic heterocycles. The van der Waals surface area contributed by atoms with Crippen LogP contribution in [0.15, 0.2) is 24.3 Å². The van der Waals surface area contributed by atoms with E-state index in [4.69, 9.17) is 4.74 Å². The number of nitrogens with one attached hydrogen (secondary N) is 1. The molecule has 27 heavy (non-hydrogen) atoms. The lowest BCUT2D eigenvalue weighted by molar-refractivity contribution is -0.137. The van der Waals surface area contributed by atoms with E-state index in [1.165, 1.54) is 12.1 Å². The van der Waals surface area contributed by atoms with Gasteiger partial charge in [-0.3, -0.25) is 10.00 Å². The second-order valence-corrected chi connectivity index (χ2v) is 8.97. The van der Waals surface area contributed by atoms with Crippen molar-refractivity contribution in [3.05, 3.63) is 41.1 Å². The maximum atomic E-state index is 12.8. The Morgan fingerprint density at radius 3 is 2.52 bits per heavy atom. The zero-order valence-corrected chi connectivity index (χ0v) is 15.3. The fourth-order valence-corrected chi connectivity index (χ4v) is 4.48. The summed E-state index contributed by atoms with van der Waals surface area (Å²) >= 11 is 0. The summed E-state index contributed by atoms with van der Waals surface area (Å²) in [6.07, 6.45) is -2.67. The van der Waals surface area contributed by atoms with Crippen molar-refractivity contribution in [1.29, 1.82) is 0 Å². The van der Waals surface area contributed by atoms with Gasteiger partial charge in [0.15, 0.2) is 9.84 Å². The molecule has 0 radical (unpaired) electrons. The average molecular weight is 401 g/mol. The Morgan fingerprint density at radius 2 is 1.96 bits per heavy atom. The van der Waals surface area contributed by atoms with E-state index in [9.17, 15) is 21.6 Å². The van der Waals surface area contributed by atoms with E-state index in [1.54, 1.807) is 4.68 Å². The summed E-state index contributed by atoms with van der Waals surface area (Å²) in [5.74, 6) is 0. The van der Waals surface area contributed by atoms with E-state index >= 15 is 0 Å². The number of nitrogens with zero attached hydrogens (tertiary/aromatic N) is 2. The van der Waals surface area contributed by atoms with Crippen molar-refractivity contribution >= 4 is 9.84 Å². The van der Waals surface area contributed by atoms with Crippen molar-refractivity contribution < 1.29 is 26.3 Å². The highest BCUT2D eigenvalue weighted by molar-refractivity contribution is 7.90. The highest BCUT2D eigenvalue weighted by atomic mass is 32.2. The number of fused-ring (bicyclic) bond motifs is 1. The van der Waals surface area contributed by atoms with Gasteiger partial charge >= 0.3 is 6.18 Å². The lowest BCUT2D eigenvalue weighted by Crippen LogP contribution is -2.35. The molecule has 0 bridgehead atoms. The molecule has 4 rings (SSSR count). The summed E-state index contributed by atoms with van der Waals surface area (Å²) in [6.45, 7) is 1.60. The first kappa shape index (κ1) is 18.5. The Bertz CT molecular complexity index is 964. The molecule has 2 unspecified atom stereocenters. The quantitative estimate of drug-likeness (QED) is 0.795. The van der Waals surface area contributed by atoms with Crippen LogP contribution in [0.5, 0.6) is 0 Å². The molecule has 1 aromatic carbocycles. The summed E-state index contributed by atoms with van der Waals surface area (Å²) in [7, 11) is -3.48. The minimum atomic E-state index is -4.43. The van der Waals surface area contributed by atoms with Gasteiger partial charge in [-0.1, -0.05) is 12.1 Å². The third kappa shape index (κ3) is 3.61. The predicted molar refractivity (Wildman–Crippen MR) is 91.7 cm³/mol. The van der Waals surface area contributed by atoms with Crippen LogP contribution in [0.25, 0.3) is 11.3 Å². The zero-order valence-electron chi connectivity index (χ0n) is 14.5. The van der Waals surface area contributed by atoms with Gasteiger partial charge in [0, 0.05) is 36.0 Å². The lowest BCUT2D eigenvalue weighted by Gasteiger charge is -2.24. The highest BCUT2D eigenvalue weighted by Gasteiger charge is 2.36. The molecule has 2 aliphatic rings. The third-order valence-corrected chi connectivity index (χ3v) is 6.00. The Labute approximate surface area is 154 Å². The van der Waals surface area contributed by atoms with E-state index in [-0.39, 0.29) is 6.10 Å². The molecule has 1 fully saturated rings. The maximum absolute atomic E-state index is 12.8. The zero-order chi connectivity index (χ0) is 19.4. The van der Waals surface area contributed by atoms with Gasteiger partial charge in [-0.25, -0.2) is 8.42 Å². The monoisotopic (exact) mass is 401 g/mol. The van der Waals surface area contributed by atoms with Gasteiger partial charge in [-0.05, 0) is 12.1 Å². The van der Waals surface area contributed by atoms with Gasteiger partial charge < -0.3 is 4.74 Å². The van der Waals surface area contributed by atoms with Crippen LogP contribution in [-0.2, 0) is 33.7 Å². The number of aromatic nitrogens is 2. The number of benzene rings is 1. The second kappa shape index (κ2) is 6.32. The first-order valence-electron chi connectivity index (χ1n) is 8.45. The van der Waals surface area contributed by atoms with E-state index in [2.05, 4.69) is 10.4 Å². The van der Waals surface area contributed by atoms with Gasteiger partial charge in [-0.15, -0.1) is 0 Å². The minimum Gasteiger partial charge on any atom is -0.371 e. The Morgan fingerprint density at radius 1 is 1.30 bits per heavy atom. The molecule has 6 nitrogen and oxygen atoms in total. The Kier molecular flexibility index (Phi) is 4.32. The van der Waals surface area contributed by atoms with Crippen molar-refractivity contribution in [2.45, 2.75) is 30.6 Å². The van der Waals surface area contributed by atoms with Gasteiger partial charge in [0.25, 0.3) is 0 Å². The van der Waals surface area contributed by atoms with Crippen LogP contribution < -0.4 is 5.32 Å². The van der Waals surface area contributed by atoms with Gasteiger partial charge in [0.1, 0.15) is 11.5 Å². The van der Waals surface area contributed by atoms with Crippen LogP contribution in [0.1, 0.15) is 22.2 Å². The summed E-state index contributed by atoms with van der Waals surface area (Å²) in [6, 6.07) is 4.63. The maximum Gasteiger partial charge on any atom is 0.416 e. The van der Waals surface area contributed by atoms with E-state index in [0.29, 0.717) is 42.9 Å². The Hall–Kier alpha value is -1.91. The van der Waals surface area contributed by atoms with Crippen LogP contribution in [0.4, 0.5) is 13.2 Å². The first-order chi connectivity index (χ1) is 12.6. The van der Waals surface area contributed by atoms with Gasteiger partial charge in [-0.2, -0.15) is 18.3 Å². The average Bonchev–Trinajstić information content (AvgIpc) is 3.33. The minimum absolute atomic E-state index is 0.0426. The summed E-state index contributed by atoms with van der Waals surface area (Å²) in [5, 5.41) is 6.60. The number of alkyl halides is 3. The molecule has 0 amide bonds. The van der Waals surface area contributed by atoms with Crippen molar-refractivity contribution in [3.8, 4) is 11.3 Å². The summed E-state index contributed by atoms with van der Waals surface area (Å²) in [4.78, 5) is 0. The molecular formula is C17H18F3N3O3S. The van der Waals surface area contributed by atoms with Crippen LogP contribution in [-0.4, -0.2) is 43.7 Å². The van der Waals surface area contributed by atoms with E-state index in [0.717, 1.165) is 24.1 Å². The molecule has 1 saturated heterocycles. The smallest absolute Gasteiger partial charge is 0.371 e. The number of rotatable bonds is 4. The molecule has 2 aliphatic heterocycles. The normalized spacial score (nSPS) is 22.5. The summed E-state index contributed by atoms with van der Waals surface area (Å²) < 4.78 is 70.1. The lowest BCUT2D eigenvalue weighted by atomic mass is 10.0. The number of hydrogen-bond acceptors (Lipinski definition) is 5. The molecule has 2 aromatic rings. The van der Waals surface area contributed by atoms with Crippen LogP contribution in [0, 0.1) is 0 Å². The summed E-state index contributed by atoms with van der Waals surface area (Å²) in [5.41, 5.74) is 1.39. The molecule has 0 saturated carbocycles. The predicted octanol–water partition coefficient (Wildman–Crippen LogP) is 2.16. The standard InChI is InChI=1S/C17H18F3N3O3S/c1-27(24,25)16-14-13(6-7-21-16)23(8-12-9-26-12)22-15(14)10-2-4-11(5-3-10)17(18,19)20/h2-5,12,16,21H,6-9H2,1H3. The van der Waals surface area contributed by atoms with Gasteiger partial charge in [0.2, 0.25) is 0 Å². The fourth-order valence-electron chi connectivity index (χ4n) is 3.39. The van der Waals surface area contributed by atoms with E-state index in [1.807, 2.05) is 0 Å². The van der Waals surface area contributed by atoms with Crippen LogP contribution >= 0.6 is 0 Å². The van der Waals surface area contributed by atoms with Crippen molar-refractivity contribution in [1.82, 2.24) is 15.1 Å². The van der Waals surface area contributed by atoms with Crippen molar-refractivity contribution in [2.24, 2.45) is 0 Å². The van der Waals surface area contributed by atoms with Crippen LogP contribution in [0.3, 0.4) is 0 Å². The third-order valence-electron chi connectivity index (χ3n) is 4.74. The molecule has 1 N–H and O–H groups in total. The second-order valence-electron chi connectivity index (χ2n) is 6.84. The Balaban J connectivity index is 1.83. The molecule has 146 valence electrons. The van der Waals surface area contributed by atoms with Crippen LogP contribution in [0.2, 0.25) is 0 Å². The number of sulfone groups is 1. The SMILES string of the molecule is CS(=O)(=O)C1NCCc2c1c(-c1ccc(C(F)(F)F)cc1)nn2CC1CO1. The van der Waals surface area contributed by atoms with Crippen molar-refractivity contribution in [2.75, 3.05) is 19.4 Å². The topological polar surface area (TPSA) is 76.5 Å². The highest BCUT2D eigenvalue weighted by Crippen LogP contribution is 2.37. The molecule has 0 spiro atoms. The molecule has 0 aliphatic carbocycles. The van der Waals surface area contributed by atoms with E-state index < -0.39 is 27.0 Å². The number of epoxide rings is 1. The van der Waals surface area contributed by atoms with Gasteiger partial charge in [0.05, 0.1) is 24.4 Å². The first-order valence-corrected chi connectivity index (χ1v) is 10.4. The number of halogens is 3. The van der Waals surface area contributed by atoms with Crippen molar-refractivity contribution in [3.63, 3.8) is 0 Å². The molecule has 2 atom stereocenters. The largest absolute Gasteiger partial charge is 0.416 e. The number of hydrogen-bond donors (Lipinski definition) is 1. The molecule has 10 heteroatoms. The molecule has 3 heterocycles.